The second-order valence-electron chi connectivity index (χ2n) is 1.87. The van der Waals surface area contributed by atoms with Gasteiger partial charge < -0.3 is 5.73 Å². The van der Waals surface area contributed by atoms with Crippen molar-refractivity contribution in [3.8, 4) is 0 Å². The third-order valence-electron chi connectivity index (χ3n) is 0.856. The van der Waals surface area contributed by atoms with Gasteiger partial charge in [-0.1, -0.05) is 29.4 Å². The van der Waals surface area contributed by atoms with Crippen molar-refractivity contribution >= 4 is 27.7 Å². The highest BCUT2D eigenvalue weighted by molar-refractivity contribution is 9.11. The molecule has 0 spiro atoms. The first kappa shape index (κ1) is 9.53. The fourth-order valence-electron chi connectivity index (χ4n) is 0.301. The molecular formula is C6H12BrNS. The zero-order valence-electron chi connectivity index (χ0n) is 5.56. The average molecular weight is 210 g/mol. The smallest absolute Gasteiger partial charge is 0.0248 e. The van der Waals surface area contributed by atoms with Crippen molar-refractivity contribution in [2.45, 2.75) is 12.2 Å². The van der Waals surface area contributed by atoms with Crippen molar-refractivity contribution < 1.29 is 0 Å². The molecule has 0 aliphatic carbocycles. The van der Waals surface area contributed by atoms with Crippen LogP contribution in [0.5, 0.6) is 0 Å². The van der Waals surface area contributed by atoms with Gasteiger partial charge in [0, 0.05) is 17.5 Å². The van der Waals surface area contributed by atoms with Crippen molar-refractivity contribution in [2.24, 2.45) is 5.73 Å². The third kappa shape index (κ3) is 6.41. The Morgan fingerprint density at radius 3 is 2.78 bits per heavy atom. The maximum atomic E-state index is 5.39. The topological polar surface area (TPSA) is 26.0 Å². The Kier molecular flexibility index (Phi) is 5.64. The van der Waals surface area contributed by atoms with Gasteiger partial charge in [0.2, 0.25) is 0 Å². The average Bonchev–Trinajstić information content (AvgIpc) is 1.83. The van der Waals surface area contributed by atoms with E-state index in [2.05, 4.69) is 29.4 Å². The van der Waals surface area contributed by atoms with Crippen LogP contribution < -0.4 is 5.73 Å². The summed E-state index contributed by atoms with van der Waals surface area (Å²) in [5.41, 5.74) is 5.39. The molecule has 0 bridgehead atoms. The number of nitrogens with two attached hydrogens (primary N) is 1. The van der Waals surface area contributed by atoms with Gasteiger partial charge in [-0.2, -0.15) is 11.8 Å². The molecule has 0 saturated heterocycles. The minimum Gasteiger partial charge on any atom is -0.329 e. The number of halogens is 1. The van der Waals surface area contributed by atoms with Gasteiger partial charge in [-0.25, -0.2) is 0 Å². The summed E-state index contributed by atoms with van der Waals surface area (Å²) in [6.45, 7) is 6.57. The summed E-state index contributed by atoms with van der Waals surface area (Å²) >= 11 is 5.09. The van der Waals surface area contributed by atoms with Crippen molar-refractivity contribution in [3.63, 3.8) is 0 Å². The third-order valence-corrected chi connectivity index (χ3v) is 2.78. The SMILES string of the molecule is C=C(Br)CSC(C)CN. The van der Waals surface area contributed by atoms with Crippen LogP contribution in [0.1, 0.15) is 6.92 Å². The molecule has 0 amide bonds. The van der Waals surface area contributed by atoms with Gasteiger partial charge in [0.05, 0.1) is 0 Å². The minimum atomic E-state index is 0.541. The highest BCUT2D eigenvalue weighted by Crippen LogP contribution is 2.15. The molecule has 54 valence electrons. The molecule has 1 nitrogen and oxygen atoms in total. The number of hydrogen-bond donors (Lipinski definition) is 1. The van der Waals surface area contributed by atoms with Crippen LogP contribution in [0, 0.1) is 0 Å². The molecule has 0 rings (SSSR count). The molecule has 0 aromatic carbocycles. The molecule has 0 aliphatic rings. The standard InChI is InChI=1S/C6H12BrNS/c1-5(7)4-9-6(2)3-8/h6H,1,3-4,8H2,2H3. The Bertz CT molecular complexity index is 95.1. The number of rotatable bonds is 4. The quantitative estimate of drug-likeness (QED) is 0.767. The van der Waals surface area contributed by atoms with Crippen molar-refractivity contribution in [3.05, 3.63) is 11.1 Å². The van der Waals surface area contributed by atoms with Gasteiger partial charge in [0.15, 0.2) is 0 Å². The second-order valence-corrected chi connectivity index (χ2v) is 4.42. The van der Waals surface area contributed by atoms with Gasteiger partial charge in [-0.3, -0.25) is 0 Å². The molecule has 0 fully saturated rings. The minimum absolute atomic E-state index is 0.541. The Morgan fingerprint density at radius 2 is 2.44 bits per heavy atom. The van der Waals surface area contributed by atoms with Gasteiger partial charge in [-0.05, 0) is 4.48 Å². The van der Waals surface area contributed by atoms with E-state index in [1.165, 1.54) is 0 Å². The zero-order chi connectivity index (χ0) is 7.28. The normalized spacial score (nSPS) is 13.2. The van der Waals surface area contributed by atoms with Crippen molar-refractivity contribution in [1.82, 2.24) is 0 Å². The van der Waals surface area contributed by atoms with Gasteiger partial charge >= 0.3 is 0 Å². The van der Waals surface area contributed by atoms with E-state index >= 15 is 0 Å². The summed E-state index contributed by atoms with van der Waals surface area (Å²) in [5.74, 6) is 0.957. The Balaban J connectivity index is 3.16. The maximum Gasteiger partial charge on any atom is 0.0248 e. The molecule has 0 heterocycles. The van der Waals surface area contributed by atoms with Crippen LogP contribution in [-0.2, 0) is 0 Å². The van der Waals surface area contributed by atoms with Crippen molar-refractivity contribution in [2.75, 3.05) is 12.3 Å². The van der Waals surface area contributed by atoms with Crippen LogP contribution in [0.15, 0.2) is 11.1 Å². The highest BCUT2D eigenvalue weighted by Gasteiger charge is 1.97. The zero-order valence-corrected chi connectivity index (χ0v) is 7.96. The molecule has 1 unspecified atom stereocenters. The summed E-state index contributed by atoms with van der Waals surface area (Å²) < 4.78 is 1.04. The lowest BCUT2D eigenvalue weighted by Gasteiger charge is -2.05. The Hall–Kier alpha value is 0.530. The predicted molar refractivity (Wildman–Crippen MR) is 49.0 cm³/mol. The van der Waals surface area contributed by atoms with E-state index in [4.69, 9.17) is 5.73 Å². The second kappa shape index (κ2) is 5.33. The van der Waals surface area contributed by atoms with Gasteiger partial charge in [0.1, 0.15) is 0 Å². The van der Waals surface area contributed by atoms with Gasteiger partial charge in [0.25, 0.3) is 0 Å². The Labute approximate surface area is 69.2 Å². The first-order chi connectivity index (χ1) is 4.16. The largest absolute Gasteiger partial charge is 0.329 e. The van der Waals surface area contributed by atoms with Crippen LogP contribution in [0.4, 0.5) is 0 Å². The Morgan fingerprint density at radius 1 is 1.89 bits per heavy atom. The van der Waals surface area contributed by atoms with Crippen LogP contribution in [0.2, 0.25) is 0 Å². The molecule has 0 aromatic rings. The lowest BCUT2D eigenvalue weighted by molar-refractivity contribution is 0.953. The molecule has 2 N–H and O–H groups in total. The number of thioether (sulfide) groups is 1. The summed E-state index contributed by atoms with van der Waals surface area (Å²) in [7, 11) is 0. The summed E-state index contributed by atoms with van der Waals surface area (Å²) in [6, 6.07) is 0. The molecule has 0 saturated carbocycles. The van der Waals surface area contributed by atoms with E-state index in [1.807, 2.05) is 11.8 Å². The molecule has 0 radical (unpaired) electrons. The molecule has 9 heavy (non-hydrogen) atoms. The molecule has 0 aliphatic heterocycles. The number of hydrogen-bond acceptors (Lipinski definition) is 2. The lowest BCUT2D eigenvalue weighted by atomic mass is 10.5. The van der Waals surface area contributed by atoms with Crippen LogP contribution in [0.25, 0.3) is 0 Å². The van der Waals surface area contributed by atoms with Crippen LogP contribution in [0.3, 0.4) is 0 Å². The van der Waals surface area contributed by atoms with Gasteiger partial charge in [-0.15, -0.1) is 0 Å². The lowest BCUT2D eigenvalue weighted by Crippen LogP contribution is -2.12. The fourth-order valence-corrected chi connectivity index (χ4v) is 1.30. The highest BCUT2D eigenvalue weighted by atomic mass is 79.9. The summed E-state index contributed by atoms with van der Waals surface area (Å²) in [6.07, 6.45) is 0. The van der Waals surface area contributed by atoms with Crippen molar-refractivity contribution in [1.29, 1.82) is 0 Å². The monoisotopic (exact) mass is 209 g/mol. The van der Waals surface area contributed by atoms with E-state index < -0.39 is 0 Å². The van der Waals surface area contributed by atoms with E-state index in [-0.39, 0.29) is 0 Å². The fraction of sp³-hybridized carbons (Fsp3) is 0.667. The maximum absolute atomic E-state index is 5.39. The predicted octanol–water partition coefficient (Wildman–Crippen LogP) is 1.98. The van der Waals surface area contributed by atoms with E-state index in [9.17, 15) is 0 Å². The summed E-state index contributed by atoms with van der Waals surface area (Å²) in [4.78, 5) is 0. The first-order valence-corrected chi connectivity index (χ1v) is 4.66. The van der Waals surface area contributed by atoms with Crippen LogP contribution in [-0.4, -0.2) is 17.5 Å². The molecule has 1 atom stereocenters. The summed E-state index contributed by atoms with van der Waals surface area (Å²) in [5, 5.41) is 0.541. The molecular weight excluding hydrogens is 198 g/mol. The first-order valence-electron chi connectivity index (χ1n) is 2.81. The van der Waals surface area contributed by atoms with E-state index in [0.717, 1.165) is 16.8 Å². The molecule has 3 heteroatoms. The molecule has 0 aromatic heterocycles. The van der Waals surface area contributed by atoms with E-state index in [0.29, 0.717) is 5.25 Å². The van der Waals surface area contributed by atoms with E-state index in [1.54, 1.807) is 0 Å². The van der Waals surface area contributed by atoms with Crippen LogP contribution >= 0.6 is 27.7 Å².